The average molecular weight is 450 g/mol. The van der Waals surface area contributed by atoms with E-state index in [0.717, 1.165) is 38.9 Å². The Labute approximate surface area is 182 Å². The number of anilines is 1. The van der Waals surface area contributed by atoms with E-state index in [-0.39, 0.29) is 23.2 Å². The van der Waals surface area contributed by atoms with Gasteiger partial charge in [-0.15, -0.1) is 0 Å². The molecule has 0 radical (unpaired) electrons. The van der Waals surface area contributed by atoms with E-state index in [0.29, 0.717) is 0 Å². The maximum Gasteiger partial charge on any atom is 0.271 e. The summed E-state index contributed by atoms with van der Waals surface area (Å²) in [4.78, 5) is 23.3. The van der Waals surface area contributed by atoms with Crippen molar-refractivity contribution in [2.45, 2.75) is 33.7 Å². The number of hydrogen-bond acceptors (Lipinski definition) is 6. The number of methoxy groups -OCH3 is 1. The van der Waals surface area contributed by atoms with E-state index >= 15 is 0 Å². The van der Waals surface area contributed by atoms with Crippen molar-refractivity contribution in [2.24, 2.45) is 0 Å². The van der Waals surface area contributed by atoms with Crippen molar-refractivity contribution < 1.29 is 22.9 Å². The largest absolute Gasteiger partial charge is 0.495 e. The van der Waals surface area contributed by atoms with Crippen LogP contribution in [0, 0.1) is 30.9 Å². The van der Waals surface area contributed by atoms with Crippen LogP contribution in [0.25, 0.3) is 0 Å². The number of sulfonamides is 1. The van der Waals surface area contributed by atoms with Gasteiger partial charge in [0, 0.05) is 12.1 Å². The lowest BCUT2D eigenvalue weighted by Gasteiger charge is -2.25. The predicted octanol–water partition coefficient (Wildman–Crippen LogP) is 3.17. The molecule has 0 bridgehead atoms. The van der Waals surface area contributed by atoms with Crippen molar-refractivity contribution in [3.8, 4) is 5.75 Å². The molecule has 0 saturated carbocycles. The maximum absolute atomic E-state index is 12.7. The Morgan fingerprint density at radius 2 is 1.77 bits per heavy atom. The molecule has 0 fully saturated rings. The van der Waals surface area contributed by atoms with E-state index < -0.39 is 27.4 Å². The molecule has 9 nitrogen and oxygen atoms in total. The van der Waals surface area contributed by atoms with Crippen molar-refractivity contribution in [1.82, 2.24) is 5.32 Å². The number of aryl methyl sites for hydroxylation is 3. The summed E-state index contributed by atoms with van der Waals surface area (Å²) in [5, 5.41) is 14.0. The van der Waals surface area contributed by atoms with Crippen LogP contribution in [0.3, 0.4) is 0 Å². The van der Waals surface area contributed by atoms with Crippen LogP contribution >= 0.6 is 0 Å². The van der Waals surface area contributed by atoms with Crippen LogP contribution in [0.5, 0.6) is 5.75 Å². The molecule has 0 heterocycles. The standard InChI is InChI=1S/C21H27N3O6S/c1-13-9-15(3)18(10-14(13)2)16(4)22-21(25)12-23(31(6,28)29)19-11-17(24(26)27)7-8-20(19)30-5/h7-11,16H,12H2,1-6H3,(H,22,25)/t16-/m0/s1. The number of nitrogens with one attached hydrogen (secondary N) is 1. The van der Waals surface area contributed by atoms with E-state index in [1.165, 1.54) is 19.2 Å². The molecular formula is C21H27N3O6S. The fourth-order valence-electron chi connectivity index (χ4n) is 3.31. The SMILES string of the molecule is COc1ccc([N+](=O)[O-])cc1N(CC(=O)N[C@@H](C)c1cc(C)c(C)cc1C)S(C)(=O)=O. The summed E-state index contributed by atoms with van der Waals surface area (Å²) in [6.45, 7) is 7.19. The first-order valence-electron chi connectivity index (χ1n) is 9.52. The summed E-state index contributed by atoms with van der Waals surface area (Å²) in [6, 6.07) is 7.24. The van der Waals surface area contributed by atoms with Gasteiger partial charge in [-0.2, -0.15) is 0 Å². The molecule has 0 aliphatic carbocycles. The molecule has 2 rings (SSSR count). The topological polar surface area (TPSA) is 119 Å². The molecule has 10 heteroatoms. The molecule has 0 aromatic heterocycles. The molecular weight excluding hydrogens is 422 g/mol. The summed E-state index contributed by atoms with van der Waals surface area (Å²) in [7, 11) is -2.62. The van der Waals surface area contributed by atoms with Crippen LogP contribution in [0.15, 0.2) is 30.3 Å². The number of non-ortho nitro benzene ring substituents is 1. The third-order valence-corrected chi connectivity index (χ3v) is 6.18. The summed E-state index contributed by atoms with van der Waals surface area (Å²) in [5.41, 5.74) is 3.77. The number of nitro benzene ring substituents is 1. The van der Waals surface area contributed by atoms with Gasteiger partial charge < -0.3 is 10.1 Å². The number of carbonyl (C=O) groups is 1. The summed E-state index contributed by atoms with van der Waals surface area (Å²) >= 11 is 0. The summed E-state index contributed by atoms with van der Waals surface area (Å²) in [5.74, 6) is -0.453. The maximum atomic E-state index is 12.7. The highest BCUT2D eigenvalue weighted by molar-refractivity contribution is 7.92. The number of rotatable bonds is 8. The van der Waals surface area contributed by atoms with Crippen molar-refractivity contribution >= 4 is 27.3 Å². The Balaban J connectivity index is 2.34. The van der Waals surface area contributed by atoms with Crippen molar-refractivity contribution in [3.05, 3.63) is 62.7 Å². The predicted molar refractivity (Wildman–Crippen MR) is 119 cm³/mol. The highest BCUT2D eigenvalue weighted by Gasteiger charge is 2.27. The zero-order valence-electron chi connectivity index (χ0n) is 18.4. The summed E-state index contributed by atoms with van der Waals surface area (Å²) in [6.07, 6.45) is 0.926. The van der Waals surface area contributed by atoms with E-state index in [9.17, 15) is 23.3 Å². The number of nitrogens with zero attached hydrogens (tertiary/aromatic N) is 2. The minimum atomic E-state index is -3.94. The third-order valence-electron chi connectivity index (χ3n) is 5.06. The van der Waals surface area contributed by atoms with Gasteiger partial charge in [-0.3, -0.25) is 19.2 Å². The molecule has 0 aliphatic rings. The fourth-order valence-corrected chi connectivity index (χ4v) is 4.16. The zero-order chi connectivity index (χ0) is 23.5. The van der Waals surface area contributed by atoms with Gasteiger partial charge in [-0.25, -0.2) is 8.42 Å². The van der Waals surface area contributed by atoms with Gasteiger partial charge in [0.05, 0.1) is 24.3 Å². The molecule has 0 saturated heterocycles. The first-order chi connectivity index (χ1) is 14.3. The van der Waals surface area contributed by atoms with Gasteiger partial charge in [0.25, 0.3) is 5.69 Å². The second-order valence-electron chi connectivity index (χ2n) is 7.47. The van der Waals surface area contributed by atoms with E-state index in [4.69, 9.17) is 4.74 Å². The Hall–Kier alpha value is -3.14. The molecule has 2 aromatic rings. The molecule has 168 valence electrons. The Morgan fingerprint density at radius 3 is 2.32 bits per heavy atom. The van der Waals surface area contributed by atoms with Gasteiger partial charge in [-0.05, 0) is 56.0 Å². The molecule has 0 spiro atoms. The molecule has 1 atom stereocenters. The first kappa shape index (κ1) is 24.1. The van der Waals surface area contributed by atoms with Crippen molar-refractivity contribution in [3.63, 3.8) is 0 Å². The number of amides is 1. The summed E-state index contributed by atoms with van der Waals surface area (Å²) < 4.78 is 30.8. The molecule has 1 N–H and O–H groups in total. The number of benzene rings is 2. The number of nitro groups is 1. The second kappa shape index (κ2) is 9.34. The fraction of sp³-hybridized carbons (Fsp3) is 0.381. The third kappa shape index (κ3) is 5.72. The van der Waals surface area contributed by atoms with Gasteiger partial charge in [0.1, 0.15) is 18.0 Å². The highest BCUT2D eigenvalue weighted by Crippen LogP contribution is 2.33. The van der Waals surface area contributed by atoms with E-state index in [2.05, 4.69) is 5.32 Å². The second-order valence-corrected chi connectivity index (χ2v) is 9.37. The molecule has 2 aromatic carbocycles. The van der Waals surface area contributed by atoms with Crippen LogP contribution in [0.4, 0.5) is 11.4 Å². The average Bonchev–Trinajstić information content (AvgIpc) is 2.67. The van der Waals surface area contributed by atoms with E-state index in [1.807, 2.05) is 39.8 Å². The Morgan fingerprint density at radius 1 is 1.16 bits per heavy atom. The first-order valence-corrected chi connectivity index (χ1v) is 11.4. The molecule has 31 heavy (non-hydrogen) atoms. The normalized spacial score (nSPS) is 12.2. The van der Waals surface area contributed by atoms with Crippen LogP contribution < -0.4 is 14.4 Å². The number of ether oxygens (including phenoxy) is 1. The Bertz CT molecular complexity index is 1110. The Kier molecular flexibility index (Phi) is 7.27. The number of carbonyl (C=O) groups excluding carboxylic acids is 1. The minimum Gasteiger partial charge on any atom is -0.495 e. The lowest BCUT2D eigenvalue weighted by Crippen LogP contribution is -2.41. The van der Waals surface area contributed by atoms with E-state index in [1.54, 1.807) is 0 Å². The lowest BCUT2D eigenvalue weighted by atomic mass is 9.96. The smallest absolute Gasteiger partial charge is 0.271 e. The van der Waals surface area contributed by atoms with Crippen LogP contribution in [-0.2, 0) is 14.8 Å². The van der Waals surface area contributed by atoms with Crippen LogP contribution in [0.1, 0.15) is 35.2 Å². The van der Waals surface area contributed by atoms with Crippen LogP contribution in [-0.4, -0.2) is 39.2 Å². The minimum absolute atomic E-state index is 0.0793. The van der Waals surface area contributed by atoms with Gasteiger partial charge >= 0.3 is 0 Å². The van der Waals surface area contributed by atoms with Gasteiger partial charge in [-0.1, -0.05) is 12.1 Å². The molecule has 1 amide bonds. The van der Waals surface area contributed by atoms with Gasteiger partial charge in [0.15, 0.2) is 0 Å². The lowest BCUT2D eigenvalue weighted by molar-refractivity contribution is -0.384. The quantitative estimate of drug-likeness (QED) is 0.488. The van der Waals surface area contributed by atoms with Crippen molar-refractivity contribution in [2.75, 3.05) is 24.2 Å². The molecule has 0 aliphatic heterocycles. The van der Waals surface area contributed by atoms with Crippen molar-refractivity contribution in [1.29, 1.82) is 0 Å². The molecule has 0 unspecified atom stereocenters. The number of hydrogen-bond donors (Lipinski definition) is 1. The van der Waals surface area contributed by atoms with Crippen LogP contribution in [0.2, 0.25) is 0 Å². The van der Waals surface area contributed by atoms with Gasteiger partial charge in [0.2, 0.25) is 15.9 Å². The monoisotopic (exact) mass is 449 g/mol. The zero-order valence-corrected chi connectivity index (χ0v) is 19.2. The highest BCUT2D eigenvalue weighted by atomic mass is 32.2.